The van der Waals surface area contributed by atoms with Crippen molar-refractivity contribution < 1.29 is 0 Å². The van der Waals surface area contributed by atoms with Crippen LogP contribution in [0.4, 0.5) is 0 Å². The highest BCUT2D eigenvalue weighted by Gasteiger charge is 2.25. The average Bonchev–Trinajstić information content (AvgIpc) is 3.01. The topological polar surface area (TPSA) is 82.8 Å². The molecule has 0 spiro atoms. The number of imidazole rings is 1. The zero-order valence-corrected chi connectivity index (χ0v) is 13.3. The molecule has 4 N–H and O–H groups in total. The lowest BCUT2D eigenvalue weighted by atomic mass is 9.86. The maximum absolute atomic E-state index is 5.99. The summed E-state index contributed by atoms with van der Waals surface area (Å²) >= 11 is 0. The number of benzene rings is 1. The number of aromatic nitrogens is 3. The van der Waals surface area contributed by atoms with E-state index in [0.29, 0.717) is 18.5 Å². The lowest BCUT2D eigenvalue weighted by molar-refractivity contribution is 0.280. The molecule has 1 aromatic carbocycles. The SMILES string of the molecule is NCc1nc2cnc3ccccc3c2n1C1CCC(CN)CC1. The number of fused-ring (bicyclic) bond motifs is 3. The zero-order valence-electron chi connectivity index (χ0n) is 13.3. The Kier molecular flexibility index (Phi) is 3.75. The summed E-state index contributed by atoms with van der Waals surface area (Å²) < 4.78 is 2.38. The molecule has 1 fully saturated rings. The Hall–Kier alpha value is -1.98. The first-order valence-corrected chi connectivity index (χ1v) is 8.46. The molecule has 0 radical (unpaired) electrons. The van der Waals surface area contributed by atoms with Crippen LogP contribution in [0.2, 0.25) is 0 Å². The summed E-state index contributed by atoms with van der Waals surface area (Å²) in [7, 11) is 0. The van der Waals surface area contributed by atoms with Gasteiger partial charge in [0.2, 0.25) is 0 Å². The number of para-hydroxylation sites is 1. The first-order valence-electron chi connectivity index (χ1n) is 8.46. The van der Waals surface area contributed by atoms with Crippen molar-refractivity contribution in [3.8, 4) is 0 Å². The van der Waals surface area contributed by atoms with Gasteiger partial charge in [0.25, 0.3) is 0 Å². The van der Waals surface area contributed by atoms with Crippen LogP contribution in [0, 0.1) is 5.92 Å². The minimum atomic E-state index is 0.458. The maximum atomic E-state index is 5.99. The standard InChI is InChI=1S/C18H23N5/c19-9-12-5-7-13(8-6-12)23-17(10-20)22-16-11-21-15-4-2-1-3-14(15)18(16)23/h1-4,11-13H,5-10,19-20H2. The van der Waals surface area contributed by atoms with E-state index in [1.54, 1.807) is 0 Å². The first-order chi connectivity index (χ1) is 11.3. The molecule has 0 atom stereocenters. The molecule has 1 saturated carbocycles. The van der Waals surface area contributed by atoms with E-state index in [4.69, 9.17) is 16.5 Å². The number of hydrogen-bond donors (Lipinski definition) is 2. The predicted molar refractivity (Wildman–Crippen MR) is 93.0 cm³/mol. The minimum Gasteiger partial charge on any atom is -0.330 e. The van der Waals surface area contributed by atoms with E-state index >= 15 is 0 Å². The smallest absolute Gasteiger partial charge is 0.124 e. The number of pyridine rings is 1. The van der Waals surface area contributed by atoms with Crippen molar-refractivity contribution in [1.29, 1.82) is 0 Å². The van der Waals surface area contributed by atoms with Crippen LogP contribution in [0.5, 0.6) is 0 Å². The molecule has 5 heteroatoms. The highest BCUT2D eigenvalue weighted by molar-refractivity contribution is 6.02. The second-order valence-corrected chi connectivity index (χ2v) is 6.52. The van der Waals surface area contributed by atoms with E-state index in [2.05, 4.69) is 27.8 Å². The minimum absolute atomic E-state index is 0.458. The summed E-state index contributed by atoms with van der Waals surface area (Å²) in [4.78, 5) is 9.28. The molecule has 0 saturated heterocycles. The van der Waals surface area contributed by atoms with E-state index in [0.717, 1.165) is 41.6 Å². The van der Waals surface area contributed by atoms with Crippen LogP contribution in [0.3, 0.4) is 0 Å². The van der Waals surface area contributed by atoms with Gasteiger partial charge in [-0.2, -0.15) is 0 Å². The van der Waals surface area contributed by atoms with Gasteiger partial charge in [-0.25, -0.2) is 4.98 Å². The highest BCUT2D eigenvalue weighted by atomic mass is 15.1. The van der Waals surface area contributed by atoms with Gasteiger partial charge in [0.05, 0.1) is 23.8 Å². The Bertz CT molecular complexity index is 830. The molecule has 0 amide bonds. The molecule has 2 heterocycles. The molecule has 0 aliphatic heterocycles. The Morgan fingerprint density at radius 2 is 1.83 bits per heavy atom. The molecule has 0 bridgehead atoms. The van der Waals surface area contributed by atoms with E-state index in [1.807, 2.05) is 12.3 Å². The molecule has 0 unspecified atom stereocenters. The van der Waals surface area contributed by atoms with Crippen LogP contribution >= 0.6 is 0 Å². The second kappa shape index (κ2) is 5.91. The van der Waals surface area contributed by atoms with Crippen LogP contribution in [-0.2, 0) is 6.54 Å². The molecule has 4 rings (SSSR count). The van der Waals surface area contributed by atoms with Crippen molar-refractivity contribution in [2.24, 2.45) is 17.4 Å². The van der Waals surface area contributed by atoms with Gasteiger partial charge in [-0.3, -0.25) is 4.98 Å². The molecular formula is C18H23N5. The van der Waals surface area contributed by atoms with Crippen LogP contribution in [0.15, 0.2) is 30.5 Å². The molecule has 1 aliphatic carbocycles. The molecular weight excluding hydrogens is 286 g/mol. The molecule has 5 nitrogen and oxygen atoms in total. The predicted octanol–water partition coefficient (Wildman–Crippen LogP) is 2.73. The molecule has 2 aromatic heterocycles. The summed E-state index contributed by atoms with van der Waals surface area (Å²) in [6.07, 6.45) is 6.55. The van der Waals surface area contributed by atoms with Gasteiger partial charge in [-0.1, -0.05) is 18.2 Å². The molecule has 120 valence electrons. The van der Waals surface area contributed by atoms with Gasteiger partial charge in [0, 0.05) is 11.4 Å². The fraction of sp³-hybridized carbons (Fsp3) is 0.444. The van der Waals surface area contributed by atoms with Gasteiger partial charge in [0.1, 0.15) is 11.3 Å². The number of nitrogens with two attached hydrogens (primary N) is 2. The third kappa shape index (κ3) is 2.40. The summed E-state index contributed by atoms with van der Waals surface area (Å²) in [5, 5.41) is 1.16. The van der Waals surface area contributed by atoms with Crippen LogP contribution in [0.25, 0.3) is 21.9 Å². The largest absolute Gasteiger partial charge is 0.330 e. The summed E-state index contributed by atoms with van der Waals surface area (Å²) in [6, 6.07) is 8.74. The van der Waals surface area contributed by atoms with Gasteiger partial charge in [0.15, 0.2) is 0 Å². The van der Waals surface area contributed by atoms with Gasteiger partial charge >= 0.3 is 0 Å². The lowest BCUT2D eigenvalue weighted by Crippen LogP contribution is -2.24. The number of rotatable bonds is 3. The van der Waals surface area contributed by atoms with Crippen molar-refractivity contribution in [3.63, 3.8) is 0 Å². The summed E-state index contributed by atoms with van der Waals surface area (Å²) in [5.74, 6) is 1.63. The Morgan fingerprint density at radius 3 is 2.57 bits per heavy atom. The summed E-state index contributed by atoms with van der Waals surface area (Å²) in [6.45, 7) is 1.26. The van der Waals surface area contributed by atoms with Crippen LogP contribution < -0.4 is 11.5 Å². The molecule has 3 aromatic rings. The van der Waals surface area contributed by atoms with Crippen molar-refractivity contribution in [1.82, 2.24) is 14.5 Å². The first kappa shape index (κ1) is 14.6. The Labute approximate surface area is 135 Å². The van der Waals surface area contributed by atoms with Crippen LogP contribution in [0.1, 0.15) is 37.5 Å². The maximum Gasteiger partial charge on any atom is 0.124 e. The van der Waals surface area contributed by atoms with Gasteiger partial charge < -0.3 is 16.0 Å². The fourth-order valence-electron chi connectivity index (χ4n) is 3.95. The van der Waals surface area contributed by atoms with Gasteiger partial charge in [-0.15, -0.1) is 0 Å². The third-order valence-electron chi connectivity index (χ3n) is 5.19. The molecule has 1 aliphatic rings. The monoisotopic (exact) mass is 309 g/mol. The molecule has 23 heavy (non-hydrogen) atoms. The van der Waals surface area contributed by atoms with Crippen molar-refractivity contribution >= 4 is 21.9 Å². The Balaban J connectivity index is 1.88. The number of hydrogen-bond acceptors (Lipinski definition) is 4. The van der Waals surface area contributed by atoms with E-state index < -0.39 is 0 Å². The zero-order chi connectivity index (χ0) is 15.8. The Morgan fingerprint density at radius 1 is 1.04 bits per heavy atom. The average molecular weight is 309 g/mol. The van der Waals surface area contributed by atoms with E-state index in [9.17, 15) is 0 Å². The second-order valence-electron chi connectivity index (χ2n) is 6.52. The third-order valence-corrected chi connectivity index (χ3v) is 5.19. The quantitative estimate of drug-likeness (QED) is 0.779. The van der Waals surface area contributed by atoms with Crippen molar-refractivity contribution in [2.45, 2.75) is 38.3 Å². The van der Waals surface area contributed by atoms with Crippen LogP contribution in [-0.4, -0.2) is 21.1 Å². The fourth-order valence-corrected chi connectivity index (χ4v) is 3.95. The normalized spacial score (nSPS) is 22.0. The van der Waals surface area contributed by atoms with Crippen molar-refractivity contribution in [2.75, 3.05) is 6.54 Å². The van der Waals surface area contributed by atoms with E-state index in [-0.39, 0.29) is 0 Å². The highest BCUT2D eigenvalue weighted by Crippen LogP contribution is 2.36. The van der Waals surface area contributed by atoms with Gasteiger partial charge in [-0.05, 0) is 44.2 Å². The summed E-state index contributed by atoms with van der Waals surface area (Å²) in [5.41, 5.74) is 15.0. The van der Waals surface area contributed by atoms with Crippen molar-refractivity contribution in [3.05, 3.63) is 36.3 Å². The van der Waals surface area contributed by atoms with E-state index in [1.165, 1.54) is 18.4 Å². The lowest BCUT2D eigenvalue weighted by Gasteiger charge is -2.30. The number of nitrogens with zero attached hydrogens (tertiary/aromatic N) is 3.